The molecule has 34 heavy (non-hydrogen) atoms. The topological polar surface area (TPSA) is 96.2 Å². The Kier molecular flexibility index (Phi) is 8.98. The third-order valence-electron chi connectivity index (χ3n) is 6.38. The van der Waals surface area contributed by atoms with Gasteiger partial charge in [-0.2, -0.15) is 5.10 Å². The summed E-state index contributed by atoms with van der Waals surface area (Å²) < 4.78 is 0. The van der Waals surface area contributed by atoms with Gasteiger partial charge in [0.2, 0.25) is 5.91 Å². The molecular formula is C26H39N7O. The van der Waals surface area contributed by atoms with Crippen LogP contribution in [0.4, 0.5) is 5.69 Å². The van der Waals surface area contributed by atoms with E-state index in [1.54, 1.807) is 0 Å². The van der Waals surface area contributed by atoms with Gasteiger partial charge in [0.1, 0.15) is 5.71 Å². The van der Waals surface area contributed by atoms with Gasteiger partial charge < -0.3 is 20.4 Å². The van der Waals surface area contributed by atoms with Gasteiger partial charge in [-0.3, -0.25) is 10.2 Å². The molecule has 3 rings (SSSR count). The lowest BCUT2D eigenvalue weighted by Gasteiger charge is -2.35. The maximum Gasteiger partial charge on any atom is 0.220 e. The van der Waals surface area contributed by atoms with E-state index in [4.69, 9.17) is 5.41 Å². The van der Waals surface area contributed by atoms with E-state index in [2.05, 4.69) is 49.7 Å². The second kappa shape index (κ2) is 11.9. The minimum atomic E-state index is 0.142. The summed E-state index contributed by atoms with van der Waals surface area (Å²) in [7, 11) is 4.08. The second-order valence-electron chi connectivity index (χ2n) is 9.62. The number of anilines is 1. The number of carbonyl (C=O) groups excluding carboxylic acids is 1. The highest BCUT2D eigenvalue weighted by Crippen LogP contribution is 2.24. The maximum atomic E-state index is 12.3. The van der Waals surface area contributed by atoms with E-state index in [1.807, 2.05) is 40.1 Å². The van der Waals surface area contributed by atoms with Gasteiger partial charge in [-0.25, -0.2) is 0 Å². The van der Waals surface area contributed by atoms with Gasteiger partial charge in [0.05, 0.1) is 5.71 Å². The third kappa shape index (κ3) is 7.00. The molecule has 2 aliphatic heterocycles. The highest BCUT2D eigenvalue weighted by molar-refractivity contribution is 6.53. The van der Waals surface area contributed by atoms with Crippen molar-refractivity contribution in [3.8, 4) is 0 Å². The van der Waals surface area contributed by atoms with Crippen LogP contribution in [-0.2, 0) is 4.79 Å². The van der Waals surface area contributed by atoms with E-state index in [9.17, 15) is 4.79 Å². The summed E-state index contributed by atoms with van der Waals surface area (Å²) in [5.74, 6) is 1.13. The predicted molar refractivity (Wildman–Crippen MR) is 141 cm³/mol. The van der Waals surface area contributed by atoms with E-state index in [-0.39, 0.29) is 5.91 Å². The molecule has 0 unspecified atom stereocenters. The molecule has 1 aromatic rings. The summed E-state index contributed by atoms with van der Waals surface area (Å²) in [5, 5.41) is 24.1. The van der Waals surface area contributed by atoms with Crippen molar-refractivity contribution >= 4 is 28.9 Å². The summed E-state index contributed by atoms with van der Waals surface area (Å²) in [4.78, 5) is 16.6. The molecule has 1 fully saturated rings. The number of benzene rings is 1. The first-order valence-electron chi connectivity index (χ1n) is 12.2. The molecule has 2 heterocycles. The number of amides is 1. The number of likely N-dealkylation sites (tertiary alicyclic amines) is 1. The zero-order valence-electron chi connectivity index (χ0n) is 21.2. The van der Waals surface area contributed by atoms with Crippen LogP contribution in [0.25, 0.3) is 0 Å². The lowest BCUT2D eigenvalue weighted by atomic mass is 9.92. The predicted octanol–water partition coefficient (Wildman–Crippen LogP) is 3.66. The van der Waals surface area contributed by atoms with Gasteiger partial charge in [0, 0.05) is 43.0 Å². The van der Waals surface area contributed by atoms with Gasteiger partial charge in [-0.1, -0.05) is 17.7 Å². The number of nitrogens with one attached hydrogen (secondary N) is 3. The van der Waals surface area contributed by atoms with E-state index < -0.39 is 0 Å². The van der Waals surface area contributed by atoms with Crippen LogP contribution in [0, 0.1) is 18.3 Å². The van der Waals surface area contributed by atoms with Crippen LogP contribution >= 0.6 is 0 Å². The van der Waals surface area contributed by atoms with Crippen LogP contribution < -0.4 is 10.6 Å². The van der Waals surface area contributed by atoms with E-state index in [0.717, 1.165) is 68.1 Å². The zero-order valence-corrected chi connectivity index (χ0v) is 21.2. The summed E-state index contributed by atoms with van der Waals surface area (Å²) in [5.41, 5.74) is 5.03. The minimum absolute atomic E-state index is 0.142. The van der Waals surface area contributed by atoms with Gasteiger partial charge in [-0.15, -0.1) is 5.10 Å². The Morgan fingerprint density at radius 3 is 2.47 bits per heavy atom. The highest BCUT2D eigenvalue weighted by Gasteiger charge is 2.30. The second-order valence-corrected chi connectivity index (χ2v) is 9.62. The molecule has 0 radical (unpaired) electrons. The molecule has 1 amide bonds. The van der Waals surface area contributed by atoms with Crippen LogP contribution in [0.15, 0.2) is 45.7 Å². The van der Waals surface area contributed by atoms with Crippen molar-refractivity contribution < 1.29 is 4.79 Å². The van der Waals surface area contributed by atoms with E-state index >= 15 is 0 Å². The average molecular weight is 466 g/mol. The number of carbonyl (C=O) groups is 1. The Hall–Kier alpha value is -3.00. The molecule has 2 aliphatic rings. The normalized spacial score (nSPS) is 18.5. The molecule has 1 saturated heterocycles. The van der Waals surface area contributed by atoms with E-state index in [1.165, 1.54) is 5.56 Å². The average Bonchev–Trinajstić information content (AvgIpc) is 2.79. The molecule has 0 aliphatic carbocycles. The SMILES string of the molecule is CC1=NN=C(N2CCC(CC(=O)NCCCN(C)C)CC2)C(=N)/C1=C(/C)Nc1ccc(C)cc1. The lowest BCUT2D eigenvalue weighted by Crippen LogP contribution is -2.45. The first kappa shape index (κ1) is 25.6. The molecule has 0 aromatic heterocycles. The van der Waals surface area contributed by atoms with Crippen molar-refractivity contribution in [2.75, 3.05) is 45.6 Å². The van der Waals surface area contributed by atoms with E-state index in [0.29, 0.717) is 23.9 Å². The fraction of sp³-hybridized carbons (Fsp3) is 0.538. The first-order chi connectivity index (χ1) is 16.2. The van der Waals surface area contributed by atoms with Crippen LogP contribution in [0.2, 0.25) is 0 Å². The quantitative estimate of drug-likeness (QED) is 0.511. The van der Waals surface area contributed by atoms with Gasteiger partial charge in [0.25, 0.3) is 0 Å². The Balaban J connectivity index is 1.55. The monoisotopic (exact) mass is 465 g/mol. The number of amidine groups is 1. The molecule has 0 saturated carbocycles. The maximum absolute atomic E-state index is 12.3. The number of aryl methyl sites for hydroxylation is 1. The van der Waals surface area contributed by atoms with Crippen molar-refractivity contribution in [1.29, 1.82) is 5.41 Å². The molecule has 8 heteroatoms. The first-order valence-corrected chi connectivity index (χ1v) is 12.2. The lowest BCUT2D eigenvalue weighted by molar-refractivity contribution is -0.122. The van der Waals surface area contributed by atoms with Crippen LogP contribution in [-0.4, -0.2) is 73.2 Å². The highest BCUT2D eigenvalue weighted by atomic mass is 16.1. The van der Waals surface area contributed by atoms with Gasteiger partial charge >= 0.3 is 0 Å². The molecule has 0 spiro atoms. The van der Waals surface area contributed by atoms with Gasteiger partial charge in [-0.05, 0) is 78.7 Å². The summed E-state index contributed by atoms with van der Waals surface area (Å²) in [6.45, 7) is 9.21. The molecule has 184 valence electrons. The van der Waals surface area contributed by atoms with Crippen LogP contribution in [0.3, 0.4) is 0 Å². The minimum Gasteiger partial charge on any atom is -0.359 e. The molecular weight excluding hydrogens is 426 g/mol. The number of hydrogen-bond acceptors (Lipinski definition) is 7. The number of rotatable bonds is 8. The summed E-state index contributed by atoms with van der Waals surface area (Å²) in [6.07, 6.45) is 3.37. The van der Waals surface area contributed by atoms with Crippen molar-refractivity contribution in [1.82, 2.24) is 15.1 Å². The zero-order chi connectivity index (χ0) is 24.7. The molecule has 0 bridgehead atoms. The third-order valence-corrected chi connectivity index (χ3v) is 6.38. The van der Waals surface area contributed by atoms with Crippen LogP contribution in [0.1, 0.15) is 45.1 Å². The fourth-order valence-corrected chi connectivity index (χ4v) is 4.42. The van der Waals surface area contributed by atoms with Crippen LogP contribution in [0.5, 0.6) is 0 Å². The van der Waals surface area contributed by atoms with Crippen molar-refractivity contribution in [3.63, 3.8) is 0 Å². The Labute approximate surface area is 203 Å². The molecule has 1 aromatic carbocycles. The fourth-order valence-electron chi connectivity index (χ4n) is 4.42. The number of allylic oxidation sites excluding steroid dienone is 1. The van der Waals surface area contributed by atoms with Gasteiger partial charge in [0.15, 0.2) is 5.84 Å². The largest absolute Gasteiger partial charge is 0.359 e. The molecule has 8 nitrogen and oxygen atoms in total. The number of nitrogens with zero attached hydrogens (tertiary/aromatic N) is 4. The van der Waals surface area contributed by atoms with Crippen molar-refractivity contribution in [2.24, 2.45) is 16.1 Å². The number of hydrogen-bond donors (Lipinski definition) is 3. The molecule has 3 N–H and O–H groups in total. The smallest absolute Gasteiger partial charge is 0.220 e. The molecule has 0 atom stereocenters. The van der Waals surface area contributed by atoms with Crippen molar-refractivity contribution in [2.45, 2.75) is 46.5 Å². The Morgan fingerprint density at radius 2 is 1.82 bits per heavy atom. The Morgan fingerprint density at radius 1 is 1.15 bits per heavy atom. The summed E-state index contributed by atoms with van der Waals surface area (Å²) in [6, 6.07) is 8.20. The standard InChI is InChI=1S/C26H39N7O/c1-18-7-9-22(10-8-18)29-19(2)24-20(3)30-31-26(25(24)27)33-15-11-21(12-16-33)17-23(34)28-13-6-14-32(4)5/h7-10,21,27,29H,6,11-17H2,1-5H3,(H,28,34)/b24-19-,27-25?. The number of piperidine rings is 1. The summed E-state index contributed by atoms with van der Waals surface area (Å²) >= 11 is 0. The Bertz CT molecular complexity index is 967. The van der Waals surface area contributed by atoms with Crippen molar-refractivity contribution in [3.05, 3.63) is 41.1 Å².